The average molecular weight is 399 g/mol. The molecule has 0 atom stereocenters. The van der Waals surface area contributed by atoms with Crippen LogP contribution in [0.5, 0.6) is 5.75 Å². The number of methoxy groups -OCH3 is 1. The van der Waals surface area contributed by atoms with E-state index in [4.69, 9.17) is 9.57 Å². The number of rotatable bonds is 7. The lowest BCUT2D eigenvalue weighted by Crippen LogP contribution is -2.23. The molecule has 0 bridgehead atoms. The van der Waals surface area contributed by atoms with Gasteiger partial charge in [-0.3, -0.25) is 9.63 Å². The molecule has 1 aromatic heterocycles. The van der Waals surface area contributed by atoms with Gasteiger partial charge in [-0.1, -0.05) is 48.5 Å². The maximum atomic E-state index is 12.9. The van der Waals surface area contributed by atoms with Gasteiger partial charge in [-0.25, -0.2) is 10.2 Å². The largest absolute Gasteiger partial charge is 0.497 e. The van der Waals surface area contributed by atoms with E-state index in [2.05, 4.69) is 10.6 Å². The van der Waals surface area contributed by atoms with Gasteiger partial charge in [0.1, 0.15) is 11.4 Å². The highest BCUT2D eigenvalue weighted by molar-refractivity contribution is 5.99. The van der Waals surface area contributed by atoms with Crippen LogP contribution in [-0.2, 0) is 11.4 Å². The van der Waals surface area contributed by atoms with E-state index >= 15 is 0 Å². The van der Waals surface area contributed by atoms with Gasteiger partial charge in [0, 0.05) is 11.8 Å². The second-order valence-electron chi connectivity index (χ2n) is 6.61. The molecule has 3 aromatic carbocycles. The third kappa shape index (κ3) is 4.39. The summed E-state index contributed by atoms with van der Waals surface area (Å²) >= 11 is 0. The van der Waals surface area contributed by atoms with Crippen LogP contribution in [0.1, 0.15) is 15.9 Å². The number of nitrogens with zero attached hydrogens (tertiary/aromatic N) is 2. The van der Waals surface area contributed by atoms with E-state index in [0.29, 0.717) is 11.3 Å². The summed E-state index contributed by atoms with van der Waals surface area (Å²) in [5, 5.41) is 4.65. The number of amides is 1. The van der Waals surface area contributed by atoms with E-state index < -0.39 is 0 Å². The number of carbonyl (C=O) groups excluding carboxylic acids is 1. The van der Waals surface area contributed by atoms with Crippen LogP contribution in [0.25, 0.3) is 16.9 Å². The second kappa shape index (κ2) is 9.07. The summed E-state index contributed by atoms with van der Waals surface area (Å²) in [6.07, 6.45) is 1.70. The number of hydrogen-bond acceptors (Lipinski definition) is 4. The third-order valence-electron chi connectivity index (χ3n) is 4.59. The molecule has 1 heterocycles. The van der Waals surface area contributed by atoms with Crippen LogP contribution in [0.4, 0.5) is 0 Å². The number of ether oxygens (including phenoxy) is 1. The standard InChI is InChI=1S/C24H21N3O3/c1-29-21-14-12-19(13-15-21)23-22(16-27(25-23)20-10-6-3-7-11-20)24(28)26-30-17-18-8-4-2-5-9-18/h2-16H,17H2,1H3,(H,26,28). The Morgan fingerprint density at radius 1 is 0.933 bits per heavy atom. The molecule has 0 unspecified atom stereocenters. The van der Waals surface area contributed by atoms with Crippen molar-refractivity contribution in [1.29, 1.82) is 0 Å². The molecule has 1 N–H and O–H groups in total. The molecule has 4 rings (SSSR count). The Labute approximate surface area is 174 Å². The van der Waals surface area contributed by atoms with Gasteiger partial charge in [0.05, 0.1) is 25.0 Å². The Morgan fingerprint density at radius 3 is 2.27 bits per heavy atom. The summed E-state index contributed by atoms with van der Waals surface area (Å²) in [6, 6.07) is 26.7. The SMILES string of the molecule is COc1ccc(-c2nn(-c3ccccc3)cc2C(=O)NOCc2ccccc2)cc1. The normalized spacial score (nSPS) is 10.6. The van der Waals surface area contributed by atoms with Gasteiger partial charge >= 0.3 is 0 Å². The zero-order chi connectivity index (χ0) is 20.8. The van der Waals surface area contributed by atoms with Crippen molar-refractivity contribution in [2.45, 2.75) is 6.61 Å². The lowest BCUT2D eigenvalue weighted by Gasteiger charge is -2.06. The molecule has 0 aliphatic carbocycles. The molecule has 6 nitrogen and oxygen atoms in total. The quantitative estimate of drug-likeness (QED) is 0.468. The minimum Gasteiger partial charge on any atom is -0.497 e. The van der Waals surface area contributed by atoms with E-state index in [1.54, 1.807) is 18.0 Å². The minimum atomic E-state index is -0.362. The predicted molar refractivity (Wildman–Crippen MR) is 114 cm³/mol. The van der Waals surface area contributed by atoms with Crippen molar-refractivity contribution < 1.29 is 14.4 Å². The number of hydrogen-bond donors (Lipinski definition) is 1. The monoisotopic (exact) mass is 399 g/mol. The highest BCUT2D eigenvalue weighted by Gasteiger charge is 2.19. The van der Waals surface area contributed by atoms with Crippen LogP contribution in [-0.4, -0.2) is 22.8 Å². The molecule has 4 aromatic rings. The van der Waals surface area contributed by atoms with Gasteiger partial charge in [-0.2, -0.15) is 5.10 Å². The molecular formula is C24H21N3O3. The number of aromatic nitrogens is 2. The van der Waals surface area contributed by atoms with E-state index in [1.807, 2.05) is 84.9 Å². The molecule has 150 valence electrons. The van der Waals surface area contributed by atoms with Crippen molar-refractivity contribution in [3.63, 3.8) is 0 Å². The summed E-state index contributed by atoms with van der Waals surface area (Å²) in [4.78, 5) is 18.3. The Bertz CT molecular complexity index is 1110. The average Bonchev–Trinajstić information content (AvgIpc) is 3.26. The van der Waals surface area contributed by atoms with Crippen LogP contribution >= 0.6 is 0 Å². The topological polar surface area (TPSA) is 65.4 Å². The van der Waals surface area contributed by atoms with Gasteiger partial charge < -0.3 is 4.74 Å². The van der Waals surface area contributed by atoms with Crippen LogP contribution in [0, 0.1) is 0 Å². The zero-order valence-corrected chi connectivity index (χ0v) is 16.5. The lowest BCUT2D eigenvalue weighted by atomic mass is 10.1. The van der Waals surface area contributed by atoms with Crippen molar-refractivity contribution in [3.8, 4) is 22.7 Å². The van der Waals surface area contributed by atoms with E-state index in [9.17, 15) is 4.79 Å². The molecular weight excluding hydrogens is 378 g/mol. The van der Waals surface area contributed by atoms with Crippen molar-refractivity contribution in [3.05, 3.63) is 102 Å². The molecule has 0 saturated heterocycles. The first-order valence-electron chi connectivity index (χ1n) is 9.50. The molecule has 0 fully saturated rings. The maximum Gasteiger partial charge on any atom is 0.278 e. The highest BCUT2D eigenvalue weighted by atomic mass is 16.6. The van der Waals surface area contributed by atoms with E-state index in [0.717, 1.165) is 22.6 Å². The molecule has 6 heteroatoms. The summed E-state index contributed by atoms with van der Waals surface area (Å²) in [5.41, 5.74) is 6.13. The van der Waals surface area contributed by atoms with Crippen LogP contribution in [0.3, 0.4) is 0 Å². The molecule has 1 amide bonds. The summed E-state index contributed by atoms with van der Waals surface area (Å²) in [5.74, 6) is 0.373. The van der Waals surface area contributed by atoms with Crippen LogP contribution < -0.4 is 10.2 Å². The van der Waals surface area contributed by atoms with E-state index in [1.165, 1.54) is 0 Å². The Morgan fingerprint density at radius 2 is 1.60 bits per heavy atom. The summed E-state index contributed by atoms with van der Waals surface area (Å²) in [6.45, 7) is 0.275. The first kappa shape index (κ1) is 19.4. The van der Waals surface area contributed by atoms with Crippen LogP contribution in [0.2, 0.25) is 0 Å². The predicted octanol–water partition coefficient (Wildman–Crippen LogP) is 4.41. The van der Waals surface area contributed by atoms with Gasteiger partial charge in [0.25, 0.3) is 5.91 Å². The van der Waals surface area contributed by atoms with Gasteiger partial charge in [0.2, 0.25) is 0 Å². The first-order chi connectivity index (χ1) is 14.7. The molecule has 0 spiro atoms. The number of nitrogens with one attached hydrogen (secondary N) is 1. The lowest BCUT2D eigenvalue weighted by molar-refractivity contribution is 0.0234. The molecule has 0 aliphatic heterocycles. The Balaban J connectivity index is 1.60. The minimum absolute atomic E-state index is 0.275. The zero-order valence-electron chi connectivity index (χ0n) is 16.5. The number of benzene rings is 3. The summed E-state index contributed by atoms with van der Waals surface area (Å²) < 4.78 is 6.91. The molecule has 0 saturated carbocycles. The summed E-state index contributed by atoms with van der Waals surface area (Å²) in [7, 11) is 1.61. The molecule has 30 heavy (non-hydrogen) atoms. The third-order valence-corrected chi connectivity index (χ3v) is 4.59. The fourth-order valence-electron chi connectivity index (χ4n) is 3.03. The Hall–Kier alpha value is -3.90. The van der Waals surface area contributed by atoms with Gasteiger partial charge in [-0.05, 0) is 42.0 Å². The Kier molecular flexibility index (Phi) is 5.87. The van der Waals surface area contributed by atoms with Crippen molar-refractivity contribution in [2.75, 3.05) is 7.11 Å². The fourth-order valence-corrected chi connectivity index (χ4v) is 3.03. The van der Waals surface area contributed by atoms with Crippen molar-refractivity contribution >= 4 is 5.91 Å². The second-order valence-corrected chi connectivity index (χ2v) is 6.61. The smallest absolute Gasteiger partial charge is 0.278 e. The first-order valence-corrected chi connectivity index (χ1v) is 9.50. The number of para-hydroxylation sites is 1. The van der Waals surface area contributed by atoms with E-state index in [-0.39, 0.29) is 12.5 Å². The molecule has 0 radical (unpaired) electrons. The van der Waals surface area contributed by atoms with Crippen molar-refractivity contribution in [1.82, 2.24) is 15.3 Å². The number of hydroxylamine groups is 1. The maximum absolute atomic E-state index is 12.9. The fraction of sp³-hybridized carbons (Fsp3) is 0.0833. The van der Waals surface area contributed by atoms with Gasteiger partial charge in [0.15, 0.2) is 0 Å². The van der Waals surface area contributed by atoms with Gasteiger partial charge in [-0.15, -0.1) is 0 Å². The van der Waals surface area contributed by atoms with Crippen molar-refractivity contribution in [2.24, 2.45) is 0 Å². The molecule has 0 aliphatic rings. The van der Waals surface area contributed by atoms with Crippen LogP contribution in [0.15, 0.2) is 91.1 Å². The number of carbonyl (C=O) groups is 1. The highest BCUT2D eigenvalue weighted by Crippen LogP contribution is 2.26.